The van der Waals surface area contributed by atoms with Crippen molar-refractivity contribution >= 4 is 17.3 Å². The number of halogens is 1. The van der Waals surface area contributed by atoms with Crippen LogP contribution in [0.3, 0.4) is 0 Å². The normalized spacial score (nSPS) is 16.7. The van der Waals surface area contributed by atoms with Crippen molar-refractivity contribution in [2.45, 2.75) is 6.42 Å². The molecule has 0 amide bonds. The molecular formula is C16H27ClN4. The summed E-state index contributed by atoms with van der Waals surface area (Å²) in [6, 6.07) is 6.18. The first-order valence-corrected chi connectivity index (χ1v) is 8.08. The van der Waals surface area contributed by atoms with Crippen molar-refractivity contribution in [3.05, 3.63) is 28.8 Å². The maximum Gasteiger partial charge on any atom is 0.0410 e. The third-order valence-corrected chi connectivity index (χ3v) is 4.27. The zero-order valence-corrected chi connectivity index (χ0v) is 13.9. The minimum atomic E-state index is 0.663. The summed E-state index contributed by atoms with van der Waals surface area (Å²) < 4.78 is 0. The zero-order valence-electron chi connectivity index (χ0n) is 13.2. The average molecular weight is 311 g/mol. The SMILES string of the molecule is CN(C)CCN1CCN(c2ccc(Cl)cc2CCN)CC1. The van der Waals surface area contributed by atoms with Crippen LogP contribution in [0.5, 0.6) is 0 Å². The Morgan fingerprint density at radius 2 is 1.90 bits per heavy atom. The van der Waals surface area contributed by atoms with Crippen molar-refractivity contribution in [1.29, 1.82) is 0 Å². The molecule has 0 atom stereocenters. The molecule has 1 fully saturated rings. The number of nitrogens with two attached hydrogens (primary N) is 1. The zero-order chi connectivity index (χ0) is 15.2. The molecule has 1 heterocycles. The number of nitrogens with zero attached hydrogens (tertiary/aromatic N) is 3. The van der Waals surface area contributed by atoms with Crippen LogP contribution in [0.4, 0.5) is 5.69 Å². The number of hydrogen-bond donors (Lipinski definition) is 1. The summed E-state index contributed by atoms with van der Waals surface area (Å²) in [7, 11) is 4.26. The van der Waals surface area contributed by atoms with Gasteiger partial charge in [0.1, 0.15) is 0 Å². The Morgan fingerprint density at radius 3 is 2.52 bits per heavy atom. The Hall–Kier alpha value is -0.810. The molecule has 0 bridgehead atoms. The topological polar surface area (TPSA) is 35.7 Å². The number of rotatable bonds is 6. The number of likely N-dealkylation sites (N-methyl/N-ethyl adjacent to an activating group) is 1. The molecule has 1 aliphatic rings. The molecule has 0 unspecified atom stereocenters. The standard InChI is InChI=1S/C16H27ClN4/c1-19(2)7-8-20-9-11-21(12-10-20)16-4-3-15(17)13-14(16)5-6-18/h3-4,13H,5-12,18H2,1-2H3. The maximum absolute atomic E-state index is 6.11. The van der Waals surface area contributed by atoms with E-state index in [2.05, 4.69) is 40.9 Å². The fourth-order valence-corrected chi connectivity index (χ4v) is 2.97. The van der Waals surface area contributed by atoms with E-state index < -0.39 is 0 Å². The van der Waals surface area contributed by atoms with E-state index in [9.17, 15) is 0 Å². The van der Waals surface area contributed by atoms with Gasteiger partial charge in [0.05, 0.1) is 0 Å². The summed E-state index contributed by atoms with van der Waals surface area (Å²) in [5.41, 5.74) is 8.30. The third kappa shape index (κ3) is 4.85. The molecule has 0 radical (unpaired) electrons. The molecule has 21 heavy (non-hydrogen) atoms. The maximum atomic E-state index is 6.11. The number of benzene rings is 1. The Labute approximate surface area is 133 Å². The largest absolute Gasteiger partial charge is 0.369 e. The summed E-state index contributed by atoms with van der Waals surface area (Å²) in [6.45, 7) is 7.34. The van der Waals surface area contributed by atoms with Gasteiger partial charge in [0.15, 0.2) is 0 Å². The molecule has 1 saturated heterocycles. The number of hydrogen-bond acceptors (Lipinski definition) is 4. The van der Waals surface area contributed by atoms with Crippen LogP contribution in [-0.4, -0.2) is 69.7 Å². The minimum Gasteiger partial charge on any atom is -0.369 e. The molecule has 0 saturated carbocycles. The van der Waals surface area contributed by atoms with E-state index in [1.807, 2.05) is 6.07 Å². The van der Waals surface area contributed by atoms with Crippen LogP contribution in [0.1, 0.15) is 5.56 Å². The molecule has 0 spiro atoms. The number of piperazine rings is 1. The summed E-state index contributed by atoms with van der Waals surface area (Å²) in [6.07, 6.45) is 0.886. The quantitative estimate of drug-likeness (QED) is 0.864. The molecule has 2 N–H and O–H groups in total. The van der Waals surface area contributed by atoms with Crippen molar-refractivity contribution < 1.29 is 0 Å². The summed E-state index contributed by atoms with van der Waals surface area (Å²) in [4.78, 5) is 7.24. The van der Waals surface area contributed by atoms with E-state index in [4.69, 9.17) is 17.3 Å². The van der Waals surface area contributed by atoms with Gasteiger partial charge in [-0.2, -0.15) is 0 Å². The van der Waals surface area contributed by atoms with E-state index in [1.165, 1.54) is 11.3 Å². The van der Waals surface area contributed by atoms with Gasteiger partial charge in [-0.3, -0.25) is 4.90 Å². The Morgan fingerprint density at radius 1 is 1.19 bits per heavy atom. The number of anilines is 1. The van der Waals surface area contributed by atoms with Crippen molar-refractivity contribution in [1.82, 2.24) is 9.80 Å². The van der Waals surface area contributed by atoms with Gasteiger partial charge < -0.3 is 15.5 Å². The highest BCUT2D eigenvalue weighted by Gasteiger charge is 2.19. The smallest absolute Gasteiger partial charge is 0.0410 e. The summed E-state index contributed by atoms with van der Waals surface area (Å²) in [5, 5.41) is 0.798. The van der Waals surface area contributed by atoms with Crippen molar-refractivity contribution in [2.75, 3.05) is 64.8 Å². The van der Waals surface area contributed by atoms with Crippen LogP contribution in [0.25, 0.3) is 0 Å². The van der Waals surface area contributed by atoms with Crippen molar-refractivity contribution in [3.8, 4) is 0 Å². The van der Waals surface area contributed by atoms with Gasteiger partial charge in [0.25, 0.3) is 0 Å². The molecule has 1 aromatic rings. The summed E-state index contributed by atoms with van der Waals surface area (Å²) >= 11 is 6.11. The second-order valence-corrected chi connectivity index (χ2v) is 6.38. The van der Waals surface area contributed by atoms with E-state index in [0.717, 1.165) is 50.7 Å². The van der Waals surface area contributed by atoms with Crippen molar-refractivity contribution in [3.63, 3.8) is 0 Å². The predicted molar refractivity (Wildman–Crippen MR) is 91.4 cm³/mol. The van der Waals surface area contributed by atoms with Gasteiger partial charge in [0.2, 0.25) is 0 Å². The first-order chi connectivity index (χ1) is 10.1. The van der Waals surface area contributed by atoms with Gasteiger partial charge in [-0.25, -0.2) is 0 Å². The van der Waals surface area contributed by atoms with E-state index >= 15 is 0 Å². The molecule has 0 aliphatic carbocycles. The van der Waals surface area contributed by atoms with Gasteiger partial charge >= 0.3 is 0 Å². The van der Waals surface area contributed by atoms with Gasteiger partial charge in [-0.1, -0.05) is 11.6 Å². The minimum absolute atomic E-state index is 0.663. The molecule has 1 aliphatic heterocycles. The molecular weight excluding hydrogens is 284 g/mol. The van der Waals surface area contributed by atoms with Crippen LogP contribution >= 0.6 is 11.6 Å². The van der Waals surface area contributed by atoms with E-state index in [0.29, 0.717) is 6.54 Å². The highest BCUT2D eigenvalue weighted by Crippen LogP contribution is 2.25. The molecule has 1 aromatic carbocycles. The monoisotopic (exact) mass is 310 g/mol. The first-order valence-electron chi connectivity index (χ1n) is 7.70. The lowest BCUT2D eigenvalue weighted by molar-refractivity contribution is 0.229. The lowest BCUT2D eigenvalue weighted by Crippen LogP contribution is -2.48. The fraction of sp³-hybridized carbons (Fsp3) is 0.625. The second-order valence-electron chi connectivity index (χ2n) is 5.94. The highest BCUT2D eigenvalue weighted by atomic mass is 35.5. The van der Waals surface area contributed by atoms with Gasteiger partial charge in [-0.15, -0.1) is 0 Å². The Kier molecular flexibility index (Phi) is 6.30. The van der Waals surface area contributed by atoms with Crippen LogP contribution in [0.2, 0.25) is 5.02 Å². The second kappa shape index (κ2) is 7.99. The Bertz CT molecular complexity index is 442. The van der Waals surface area contributed by atoms with Crippen molar-refractivity contribution in [2.24, 2.45) is 5.73 Å². The van der Waals surface area contributed by atoms with Crippen LogP contribution in [-0.2, 0) is 6.42 Å². The van der Waals surface area contributed by atoms with E-state index in [1.54, 1.807) is 0 Å². The van der Waals surface area contributed by atoms with Crippen LogP contribution < -0.4 is 10.6 Å². The van der Waals surface area contributed by atoms with Crippen LogP contribution in [0, 0.1) is 0 Å². The lowest BCUT2D eigenvalue weighted by atomic mass is 10.1. The molecule has 0 aromatic heterocycles. The predicted octanol–water partition coefficient (Wildman–Crippen LogP) is 1.52. The summed E-state index contributed by atoms with van der Waals surface area (Å²) in [5.74, 6) is 0. The van der Waals surface area contributed by atoms with Crippen LogP contribution in [0.15, 0.2) is 18.2 Å². The van der Waals surface area contributed by atoms with Gasteiger partial charge in [-0.05, 0) is 50.8 Å². The highest BCUT2D eigenvalue weighted by molar-refractivity contribution is 6.30. The molecule has 118 valence electrons. The average Bonchev–Trinajstić information content (AvgIpc) is 2.46. The lowest BCUT2D eigenvalue weighted by Gasteiger charge is -2.37. The van der Waals surface area contributed by atoms with E-state index in [-0.39, 0.29) is 0 Å². The first kappa shape index (κ1) is 16.6. The van der Waals surface area contributed by atoms with Gasteiger partial charge in [0, 0.05) is 50.0 Å². The fourth-order valence-electron chi connectivity index (χ4n) is 2.77. The third-order valence-electron chi connectivity index (χ3n) is 4.03. The molecule has 5 heteroatoms. The Balaban J connectivity index is 1.95. The molecule has 2 rings (SSSR count). The molecule has 4 nitrogen and oxygen atoms in total.